The Hall–Kier alpha value is -1.48. The quantitative estimate of drug-likeness (QED) is 0.0304. The highest BCUT2D eigenvalue weighted by Gasteiger charge is 2.27. The zero-order valence-electron chi connectivity index (χ0n) is 30.3. The number of aliphatic hydroxyl groups is 2. The average molecular weight is 684 g/mol. The molecule has 0 radical (unpaired) electrons. The van der Waals surface area contributed by atoms with Crippen LogP contribution in [0.1, 0.15) is 181 Å². The first-order chi connectivity index (χ1) is 22.7. The van der Waals surface area contributed by atoms with E-state index in [-0.39, 0.29) is 6.42 Å². The first kappa shape index (κ1) is 45.5. The lowest BCUT2D eigenvalue weighted by Crippen LogP contribution is -2.50. The van der Waals surface area contributed by atoms with Crippen LogP contribution in [0.5, 0.6) is 0 Å². The molecule has 4 N–H and O–H groups in total. The Morgan fingerprint density at radius 2 is 0.957 bits per heavy atom. The summed E-state index contributed by atoms with van der Waals surface area (Å²) in [6.45, 7) is 4.49. The molecule has 3 unspecified atom stereocenters. The van der Waals surface area contributed by atoms with E-state index < -0.39 is 40.0 Å². The van der Waals surface area contributed by atoms with E-state index in [0.717, 1.165) is 44.9 Å². The molecule has 276 valence electrons. The molecule has 0 heterocycles. The molecule has 0 aliphatic heterocycles. The molecule has 0 aromatic rings. The molecule has 0 saturated carbocycles. The van der Waals surface area contributed by atoms with Crippen molar-refractivity contribution in [1.82, 2.24) is 5.32 Å². The van der Waals surface area contributed by atoms with Gasteiger partial charge < -0.3 is 15.5 Å². The van der Waals surface area contributed by atoms with Gasteiger partial charge in [0, 0.05) is 0 Å². The number of rotatable bonds is 34. The smallest absolute Gasteiger partial charge is 0.267 e. The fraction of sp³-hybridized carbons (Fsp3) is 0.821. The predicted octanol–water partition coefficient (Wildman–Crippen LogP) is 9.93. The third-order valence-corrected chi connectivity index (χ3v) is 9.43. The number of carbonyl (C=O) groups is 1. The van der Waals surface area contributed by atoms with Crippen molar-refractivity contribution in [3.63, 3.8) is 0 Å². The minimum atomic E-state index is -4.45. The summed E-state index contributed by atoms with van der Waals surface area (Å²) >= 11 is 0. The number of aliphatic hydroxyl groups excluding tert-OH is 2. The maximum absolute atomic E-state index is 12.5. The Kier molecular flexibility index (Phi) is 32.0. The van der Waals surface area contributed by atoms with E-state index in [1.54, 1.807) is 6.08 Å². The second-order valence-corrected chi connectivity index (χ2v) is 14.8. The van der Waals surface area contributed by atoms with E-state index in [2.05, 4.69) is 43.5 Å². The molecule has 0 aliphatic carbocycles. The van der Waals surface area contributed by atoms with E-state index in [1.807, 2.05) is 0 Å². The Bertz CT molecular complexity index is 901. The summed E-state index contributed by atoms with van der Waals surface area (Å²) in [6, 6.07) is -1.25. The van der Waals surface area contributed by atoms with Crippen molar-refractivity contribution in [2.75, 3.05) is 5.75 Å². The van der Waals surface area contributed by atoms with Crippen LogP contribution in [0.3, 0.4) is 0 Å². The maximum Gasteiger partial charge on any atom is 0.267 e. The van der Waals surface area contributed by atoms with Crippen molar-refractivity contribution >= 4 is 16.0 Å². The molecular weight excluding hydrogens is 610 g/mol. The van der Waals surface area contributed by atoms with Gasteiger partial charge >= 0.3 is 0 Å². The van der Waals surface area contributed by atoms with Crippen molar-refractivity contribution in [3.05, 3.63) is 36.5 Å². The Morgan fingerprint density at radius 1 is 0.574 bits per heavy atom. The largest absolute Gasteiger partial charge is 0.387 e. The molecule has 0 aliphatic rings. The van der Waals surface area contributed by atoms with Crippen LogP contribution < -0.4 is 5.32 Å². The summed E-state index contributed by atoms with van der Waals surface area (Å²) in [7, 11) is -4.45. The van der Waals surface area contributed by atoms with Gasteiger partial charge in [0.2, 0.25) is 5.91 Å². The monoisotopic (exact) mass is 684 g/mol. The lowest BCUT2D eigenvalue weighted by atomic mass is 10.1. The van der Waals surface area contributed by atoms with Crippen LogP contribution in [0.4, 0.5) is 0 Å². The van der Waals surface area contributed by atoms with Crippen LogP contribution in [-0.4, -0.2) is 53.1 Å². The number of unbranched alkanes of at least 4 members (excludes halogenated alkanes) is 21. The van der Waals surface area contributed by atoms with Gasteiger partial charge in [0.1, 0.15) is 6.10 Å². The van der Waals surface area contributed by atoms with Gasteiger partial charge in [-0.15, -0.1) is 0 Å². The summed E-state index contributed by atoms with van der Waals surface area (Å²) in [5, 5.41) is 23.3. The summed E-state index contributed by atoms with van der Waals surface area (Å²) in [5.74, 6) is -1.57. The number of nitrogens with one attached hydrogen (secondary N) is 1. The lowest BCUT2D eigenvalue weighted by Gasteiger charge is -2.22. The van der Waals surface area contributed by atoms with E-state index in [9.17, 15) is 28.0 Å². The van der Waals surface area contributed by atoms with Crippen LogP contribution in [0.25, 0.3) is 0 Å². The predicted molar refractivity (Wildman–Crippen MR) is 199 cm³/mol. The second-order valence-electron chi connectivity index (χ2n) is 13.3. The van der Waals surface area contributed by atoms with Gasteiger partial charge in [-0.25, -0.2) is 0 Å². The molecule has 0 aromatic heterocycles. The van der Waals surface area contributed by atoms with E-state index in [1.165, 1.54) is 109 Å². The Labute approximate surface area is 289 Å². The zero-order chi connectivity index (χ0) is 34.9. The lowest BCUT2D eigenvalue weighted by molar-refractivity contribution is -0.130. The zero-order valence-corrected chi connectivity index (χ0v) is 31.1. The third kappa shape index (κ3) is 32.8. The Morgan fingerprint density at radius 3 is 1.40 bits per heavy atom. The minimum Gasteiger partial charge on any atom is -0.387 e. The average Bonchev–Trinajstić information content (AvgIpc) is 3.03. The SMILES string of the molecule is CCCCCCCCC/C=C\CCCCCCC(O)C(=O)NC(CS(=O)(=O)O)C(O)/C=C/CC/C=C/CCCCCCCCCCC. The van der Waals surface area contributed by atoms with Crippen LogP contribution in [-0.2, 0) is 14.9 Å². The fourth-order valence-electron chi connectivity index (χ4n) is 5.64. The van der Waals surface area contributed by atoms with Gasteiger partial charge in [0.25, 0.3) is 10.1 Å². The number of allylic oxidation sites excluding steroid dienone is 5. The standard InChI is InChI=1S/C39H73NO6S/c1-3-5-7-9-11-13-15-17-19-21-23-25-27-29-31-33-37(41)36(35-47(44,45)46)40-39(43)38(42)34-32-30-28-26-24-22-20-18-16-14-12-10-8-6-4-2/h20,22-23,25,31,33,36-38,41-42H,3-19,21,24,26-30,32,34-35H2,1-2H3,(H,40,43)(H,44,45,46)/b22-20-,25-23+,33-31+. The molecule has 0 bridgehead atoms. The molecule has 3 atom stereocenters. The molecular formula is C39H73NO6S. The van der Waals surface area contributed by atoms with Crippen LogP contribution in [0.2, 0.25) is 0 Å². The van der Waals surface area contributed by atoms with Crippen molar-refractivity contribution in [2.45, 2.75) is 199 Å². The molecule has 0 rings (SSSR count). The topological polar surface area (TPSA) is 124 Å². The first-order valence-corrected chi connectivity index (χ1v) is 20.9. The molecule has 47 heavy (non-hydrogen) atoms. The number of amides is 1. The maximum atomic E-state index is 12.5. The van der Waals surface area contributed by atoms with E-state index >= 15 is 0 Å². The molecule has 1 amide bonds. The van der Waals surface area contributed by atoms with Crippen molar-refractivity contribution < 1.29 is 28.0 Å². The molecule has 0 spiro atoms. The van der Waals surface area contributed by atoms with Crippen LogP contribution >= 0.6 is 0 Å². The normalized spacial score (nSPS) is 14.4. The van der Waals surface area contributed by atoms with Crippen LogP contribution in [0.15, 0.2) is 36.5 Å². The van der Waals surface area contributed by atoms with Gasteiger partial charge in [0.05, 0.1) is 17.9 Å². The number of carbonyl (C=O) groups excluding carboxylic acids is 1. The molecule has 0 fully saturated rings. The van der Waals surface area contributed by atoms with E-state index in [4.69, 9.17) is 0 Å². The number of hydrogen-bond donors (Lipinski definition) is 4. The van der Waals surface area contributed by atoms with Gasteiger partial charge in [-0.1, -0.05) is 159 Å². The van der Waals surface area contributed by atoms with Crippen LogP contribution in [0, 0.1) is 0 Å². The molecule has 0 aromatic carbocycles. The molecule has 8 heteroatoms. The summed E-state index contributed by atoms with van der Waals surface area (Å²) in [5.41, 5.74) is 0. The van der Waals surface area contributed by atoms with Gasteiger partial charge in [-0.2, -0.15) is 8.42 Å². The summed E-state index contributed by atoms with van der Waals surface area (Å²) < 4.78 is 32.4. The van der Waals surface area contributed by atoms with Crippen molar-refractivity contribution in [3.8, 4) is 0 Å². The summed E-state index contributed by atoms with van der Waals surface area (Å²) in [6.07, 6.45) is 39.1. The van der Waals surface area contributed by atoms with Gasteiger partial charge in [0.15, 0.2) is 0 Å². The van der Waals surface area contributed by atoms with Crippen molar-refractivity contribution in [2.24, 2.45) is 0 Å². The van der Waals surface area contributed by atoms with Gasteiger partial charge in [-0.05, 0) is 57.8 Å². The minimum absolute atomic E-state index is 0.260. The van der Waals surface area contributed by atoms with Gasteiger partial charge in [-0.3, -0.25) is 9.35 Å². The summed E-state index contributed by atoms with van der Waals surface area (Å²) in [4.78, 5) is 12.5. The number of hydrogen-bond acceptors (Lipinski definition) is 5. The highest BCUT2D eigenvalue weighted by Crippen LogP contribution is 2.13. The third-order valence-electron chi connectivity index (χ3n) is 8.65. The highest BCUT2D eigenvalue weighted by atomic mass is 32.2. The fourth-order valence-corrected chi connectivity index (χ4v) is 6.38. The second kappa shape index (κ2) is 33.0. The van der Waals surface area contributed by atoms with Crippen molar-refractivity contribution in [1.29, 1.82) is 0 Å². The molecule has 7 nitrogen and oxygen atoms in total. The van der Waals surface area contributed by atoms with E-state index in [0.29, 0.717) is 12.8 Å². The first-order valence-electron chi connectivity index (χ1n) is 19.3. The molecule has 0 saturated heterocycles. The Balaban J connectivity index is 4.16. The highest BCUT2D eigenvalue weighted by molar-refractivity contribution is 7.85.